The number of aliphatic hydroxyl groups is 3. The van der Waals surface area contributed by atoms with Gasteiger partial charge in [-0.05, 0) is 41.6 Å². The van der Waals surface area contributed by atoms with Crippen LogP contribution in [0.4, 0.5) is 0 Å². The van der Waals surface area contributed by atoms with E-state index >= 15 is 0 Å². The SMILES string of the molecule is C=C1[C@@H]2[C@@H](O)[C@@H]3[C@]4(C[C@H]5[C@@H]6[C@@]7(C)CCC[C@@]36[C@@H]([C@H]4[C@H]2O)N5C7)[C@@H]1O. The zero-order valence-electron chi connectivity index (χ0n) is 14.2. The molecule has 3 aliphatic heterocycles. The first-order chi connectivity index (χ1) is 11.4. The van der Waals surface area contributed by atoms with Crippen molar-refractivity contribution in [3.8, 4) is 0 Å². The topological polar surface area (TPSA) is 63.9 Å². The summed E-state index contributed by atoms with van der Waals surface area (Å²) >= 11 is 0. The Kier molecular flexibility index (Phi) is 1.95. The van der Waals surface area contributed by atoms with E-state index in [0.29, 0.717) is 29.0 Å². The number of nitrogens with zero attached hydrogens (tertiary/aromatic N) is 1. The molecule has 3 N–H and O–H groups in total. The van der Waals surface area contributed by atoms with Crippen molar-refractivity contribution in [3.05, 3.63) is 12.2 Å². The number of piperidine rings is 2. The number of fused-ring (bicyclic) bond motifs is 1. The van der Waals surface area contributed by atoms with Crippen LogP contribution in [-0.2, 0) is 0 Å². The standard InChI is InChI=1S/C20H27NO3/c1-8-10-12(22)11-16-19-5-3-4-18(2)7-21(16)9(14(18)19)6-20(11,17(8)24)15(19)13(10)23/h9-17,22-24H,1,3-7H2,2H3/t9-,10-,11+,12-,13+,14+,15-,16+,17+,18-,19-,20+/m0/s1. The summed E-state index contributed by atoms with van der Waals surface area (Å²) in [6, 6.07) is 0.946. The zero-order valence-corrected chi connectivity index (χ0v) is 14.2. The van der Waals surface area contributed by atoms with E-state index in [-0.39, 0.29) is 28.6 Å². The Morgan fingerprint density at radius 3 is 2.67 bits per heavy atom. The lowest BCUT2D eigenvalue weighted by Gasteiger charge is -2.67. The maximum absolute atomic E-state index is 11.3. The molecule has 0 aromatic rings. The van der Waals surface area contributed by atoms with Gasteiger partial charge in [0.2, 0.25) is 0 Å². The van der Waals surface area contributed by atoms with E-state index in [1.165, 1.54) is 25.8 Å². The highest BCUT2D eigenvalue weighted by atomic mass is 16.3. The second-order valence-electron chi connectivity index (χ2n) is 10.6. The highest BCUT2D eigenvalue weighted by Crippen LogP contribution is 2.86. The van der Waals surface area contributed by atoms with Crippen LogP contribution < -0.4 is 0 Å². The first-order valence-corrected chi connectivity index (χ1v) is 9.88. The van der Waals surface area contributed by atoms with E-state index < -0.39 is 18.3 Å². The largest absolute Gasteiger partial charge is 0.392 e. The fourth-order valence-electron chi connectivity index (χ4n) is 10.6. The van der Waals surface area contributed by atoms with Crippen molar-refractivity contribution in [1.29, 1.82) is 0 Å². The second-order valence-corrected chi connectivity index (χ2v) is 10.6. The van der Waals surface area contributed by atoms with E-state index in [1.54, 1.807) is 0 Å². The highest BCUT2D eigenvalue weighted by molar-refractivity contribution is 5.45. The lowest BCUT2D eigenvalue weighted by atomic mass is 9.39. The Bertz CT molecular complexity index is 709. The molecule has 3 heterocycles. The van der Waals surface area contributed by atoms with Gasteiger partial charge in [-0.2, -0.15) is 0 Å². The lowest BCUT2D eigenvalue weighted by Crippen LogP contribution is -2.72. The van der Waals surface area contributed by atoms with Crippen molar-refractivity contribution in [2.45, 2.75) is 63.0 Å². The second kappa shape index (κ2) is 3.40. The van der Waals surface area contributed by atoms with E-state index in [9.17, 15) is 15.3 Å². The molecular weight excluding hydrogens is 302 g/mol. The molecule has 24 heavy (non-hydrogen) atoms. The first kappa shape index (κ1) is 13.7. The number of rotatable bonds is 0. The van der Waals surface area contributed by atoms with Gasteiger partial charge in [-0.3, -0.25) is 4.90 Å². The number of hydrogen-bond acceptors (Lipinski definition) is 4. The van der Waals surface area contributed by atoms with Gasteiger partial charge in [0.25, 0.3) is 0 Å². The molecule has 0 aromatic heterocycles. The van der Waals surface area contributed by atoms with Gasteiger partial charge in [0, 0.05) is 41.8 Å². The van der Waals surface area contributed by atoms with E-state index in [0.717, 1.165) is 6.42 Å². The molecule has 6 saturated carbocycles. The zero-order chi connectivity index (χ0) is 16.4. The van der Waals surface area contributed by atoms with Crippen LogP contribution in [-0.4, -0.2) is 57.2 Å². The lowest BCUT2D eigenvalue weighted by molar-refractivity contribution is -0.244. The van der Waals surface area contributed by atoms with Crippen molar-refractivity contribution in [1.82, 2.24) is 4.90 Å². The molecule has 130 valence electrons. The van der Waals surface area contributed by atoms with Gasteiger partial charge in [-0.15, -0.1) is 0 Å². The summed E-state index contributed by atoms with van der Waals surface area (Å²) < 4.78 is 0. The van der Waals surface area contributed by atoms with Crippen LogP contribution in [0, 0.1) is 39.9 Å². The molecule has 4 nitrogen and oxygen atoms in total. The molecule has 3 saturated heterocycles. The van der Waals surface area contributed by atoms with Gasteiger partial charge in [-0.1, -0.05) is 19.9 Å². The first-order valence-electron chi connectivity index (χ1n) is 9.88. The fourth-order valence-corrected chi connectivity index (χ4v) is 10.6. The van der Waals surface area contributed by atoms with Crippen molar-refractivity contribution in [2.24, 2.45) is 39.9 Å². The molecule has 1 unspecified atom stereocenters. The molecule has 13 atom stereocenters. The van der Waals surface area contributed by atoms with Gasteiger partial charge in [-0.25, -0.2) is 0 Å². The van der Waals surface area contributed by atoms with E-state index in [1.807, 2.05) is 0 Å². The summed E-state index contributed by atoms with van der Waals surface area (Å²) in [7, 11) is 0. The molecule has 4 heteroatoms. The quantitative estimate of drug-likeness (QED) is 0.574. The molecule has 9 aliphatic rings. The smallest absolute Gasteiger partial charge is 0.0816 e. The average Bonchev–Trinajstić information content (AvgIpc) is 2.97. The van der Waals surface area contributed by atoms with Gasteiger partial charge < -0.3 is 15.3 Å². The van der Waals surface area contributed by atoms with Crippen molar-refractivity contribution < 1.29 is 15.3 Å². The third kappa shape index (κ3) is 0.922. The van der Waals surface area contributed by atoms with Crippen LogP contribution in [0.1, 0.15) is 32.6 Å². The summed E-state index contributed by atoms with van der Waals surface area (Å²) in [5.74, 6) is 0.647. The average molecular weight is 329 g/mol. The van der Waals surface area contributed by atoms with Crippen molar-refractivity contribution in [3.63, 3.8) is 0 Å². The minimum Gasteiger partial charge on any atom is -0.392 e. The maximum Gasteiger partial charge on any atom is 0.0816 e. The van der Waals surface area contributed by atoms with Crippen LogP contribution in [0.25, 0.3) is 0 Å². The minimum atomic E-state index is -0.525. The molecule has 0 radical (unpaired) electrons. The summed E-state index contributed by atoms with van der Waals surface area (Å²) in [6.45, 7) is 7.75. The summed E-state index contributed by atoms with van der Waals surface area (Å²) in [6.07, 6.45) is 3.13. The summed E-state index contributed by atoms with van der Waals surface area (Å²) in [5.41, 5.74) is 0.914. The van der Waals surface area contributed by atoms with Crippen molar-refractivity contribution >= 4 is 0 Å². The van der Waals surface area contributed by atoms with Crippen LogP contribution >= 0.6 is 0 Å². The predicted molar refractivity (Wildman–Crippen MR) is 86.8 cm³/mol. The van der Waals surface area contributed by atoms with Crippen LogP contribution in [0.3, 0.4) is 0 Å². The molecule has 9 bridgehead atoms. The minimum absolute atomic E-state index is 0.135. The fraction of sp³-hybridized carbons (Fsp3) is 0.900. The normalized spacial score (nSPS) is 76.1. The van der Waals surface area contributed by atoms with E-state index in [2.05, 4.69) is 18.4 Å². The van der Waals surface area contributed by atoms with Crippen LogP contribution in [0.15, 0.2) is 12.2 Å². The molecule has 6 aliphatic carbocycles. The Hall–Kier alpha value is -0.420. The Morgan fingerprint density at radius 1 is 1.08 bits per heavy atom. The van der Waals surface area contributed by atoms with Crippen LogP contribution in [0.2, 0.25) is 0 Å². The predicted octanol–water partition coefficient (Wildman–Crippen LogP) is 0.764. The van der Waals surface area contributed by atoms with Gasteiger partial charge >= 0.3 is 0 Å². The molecular formula is C20H27NO3. The molecule has 0 aromatic carbocycles. The van der Waals surface area contributed by atoms with E-state index in [4.69, 9.17) is 0 Å². The third-order valence-electron chi connectivity index (χ3n) is 10.4. The Labute approximate surface area is 142 Å². The molecule has 0 amide bonds. The molecule has 9 rings (SSSR count). The monoisotopic (exact) mass is 329 g/mol. The Balaban J connectivity index is 1.56. The van der Waals surface area contributed by atoms with Gasteiger partial charge in [0.05, 0.1) is 18.3 Å². The Morgan fingerprint density at radius 2 is 1.88 bits per heavy atom. The van der Waals surface area contributed by atoms with Crippen molar-refractivity contribution in [2.75, 3.05) is 6.54 Å². The molecule has 2 spiro atoms. The van der Waals surface area contributed by atoms with Crippen LogP contribution in [0.5, 0.6) is 0 Å². The highest BCUT2D eigenvalue weighted by Gasteiger charge is 2.91. The molecule has 9 fully saturated rings. The third-order valence-corrected chi connectivity index (χ3v) is 10.4. The number of aliphatic hydroxyl groups excluding tert-OH is 3. The number of hydrogen-bond donors (Lipinski definition) is 3. The summed E-state index contributed by atoms with van der Waals surface area (Å²) in [4.78, 5) is 2.73. The van der Waals surface area contributed by atoms with Gasteiger partial charge in [0.15, 0.2) is 0 Å². The maximum atomic E-state index is 11.3. The van der Waals surface area contributed by atoms with Gasteiger partial charge in [0.1, 0.15) is 0 Å². The summed E-state index contributed by atoms with van der Waals surface area (Å²) in [5, 5.41) is 33.8.